The molecular weight excluding hydrogens is 453 g/mol. The molecule has 1 atom stereocenters. The van der Waals surface area contributed by atoms with Crippen LogP contribution in [0.3, 0.4) is 0 Å². The molecule has 0 N–H and O–H groups in total. The number of benzene rings is 2. The zero-order chi connectivity index (χ0) is 20.3. The molecule has 1 amide bonds. The second kappa shape index (κ2) is 9.03. The average molecular weight is 471 g/mol. The first-order valence-corrected chi connectivity index (χ1v) is 9.82. The van der Waals surface area contributed by atoms with Gasteiger partial charge in [0.1, 0.15) is 24.3 Å². The van der Waals surface area contributed by atoms with Gasteiger partial charge in [0.15, 0.2) is 5.78 Å². The highest BCUT2D eigenvalue weighted by atomic mass is 79.9. The van der Waals surface area contributed by atoms with Gasteiger partial charge in [-0.1, -0.05) is 17.7 Å². The highest BCUT2D eigenvalue weighted by molar-refractivity contribution is 9.10. The Labute approximate surface area is 175 Å². The van der Waals surface area contributed by atoms with Crippen molar-refractivity contribution >= 4 is 39.2 Å². The number of carbonyl (C=O) groups excluding carboxylic acids is 2. The Bertz CT molecular complexity index is 908. The minimum Gasteiger partial charge on any atom is -0.490 e. The molecule has 2 aromatic carbocycles. The van der Waals surface area contributed by atoms with E-state index in [1.165, 1.54) is 17.9 Å². The minimum atomic E-state index is -0.584. The highest BCUT2D eigenvalue weighted by Crippen LogP contribution is 2.25. The SMILES string of the molecule is CC(=O)c1cc(Cl)ccc1OCC1CN(C(=O)c2cccc(Br)c2F)CCO1. The summed E-state index contributed by atoms with van der Waals surface area (Å²) in [6, 6.07) is 9.42. The number of halogens is 3. The van der Waals surface area contributed by atoms with Gasteiger partial charge in [-0.05, 0) is 53.2 Å². The molecule has 8 heteroatoms. The number of amides is 1. The number of nitrogens with zero attached hydrogens (tertiary/aromatic N) is 1. The number of ketones is 1. The zero-order valence-electron chi connectivity index (χ0n) is 15.1. The van der Waals surface area contributed by atoms with Gasteiger partial charge in [-0.15, -0.1) is 0 Å². The molecule has 0 spiro atoms. The Morgan fingerprint density at radius 2 is 2.11 bits per heavy atom. The lowest BCUT2D eigenvalue weighted by Gasteiger charge is -2.33. The lowest BCUT2D eigenvalue weighted by atomic mass is 10.1. The molecule has 1 heterocycles. The Kier molecular flexibility index (Phi) is 6.69. The third-order valence-electron chi connectivity index (χ3n) is 4.35. The van der Waals surface area contributed by atoms with Crippen molar-refractivity contribution in [3.8, 4) is 5.75 Å². The molecular formula is C20H18BrClFNO4. The number of carbonyl (C=O) groups is 2. The molecule has 0 aromatic heterocycles. The maximum absolute atomic E-state index is 14.2. The monoisotopic (exact) mass is 469 g/mol. The summed E-state index contributed by atoms with van der Waals surface area (Å²) in [4.78, 5) is 26.0. The van der Waals surface area contributed by atoms with Crippen molar-refractivity contribution in [2.45, 2.75) is 13.0 Å². The van der Waals surface area contributed by atoms with Gasteiger partial charge in [0, 0.05) is 11.6 Å². The van der Waals surface area contributed by atoms with Crippen molar-refractivity contribution in [2.24, 2.45) is 0 Å². The van der Waals surface area contributed by atoms with Gasteiger partial charge in [-0.2, -0.15) is 0 Å². The Hall–Kier alpha value is -1.96. The molecule has 3 rings (SSSR count). The Balaban J connectivity index is 1.67. The van der Waals surface area contributed by atoms with E-state index in [1.807, 2.05) is 0 Å². The molecule has 1 aliphatic heterocycles. The molecule has 1 aliphatic rings. The fourth-order valence-corrected chi connectivity index (χ4v) is 3.47. The molecule has 0 bridgehead atoms. The first-order valence-electron chi connectivity index (χ1n) is 8.65. The third-order valence-corrected chi connectivity index (χ3v) is 5.20. The third kappa shape index (κ3) is 4.71. The van der Waals surface area contributed by atoms with Gasteiger partial charge < -0.3 is 14.4 Å². The topological polar surface area (TPSA) is 55.8 Å². The number of hydrogen-bond acceptors (Lipinski definition) is 4. The number of Topliss-reactive ketones (excluding diaryl/α,β-unsaturated/α-hetero) is 1. The summed E-state index contributed by atoms with van der Waals surface area (Å²) in [5.41, 5.74) is 0.389. The standard InChI is InChI=1S/C20H18BrClFNO4/c1-12(25)16-9-13(22)5-6-18(16)28-11-14-10-24(7-8-27-14)20(26)15-3-2-4-17(21)19(15)23/h2-6,9,14H,7-8,10-11H2,1H3. The molecule has 2 aromatic rings. The summed E-state index contributed by atoms with van der Waals surface area (Å²) in [5, 5.41) is 0.444. The molecule has 1 unspecified atom stereocenters. The molecule has 1 saturated heterocycles. The molecule has 0 radical (unpaired) electrons. The second-order valence-corrected chi connectivity index (χ2v) is 7.64. The van der Waals surface area contributed by atoms with E-state index < -0.39 is 17.8 Å². The van der Waals surface area contributed by atoms with Crippen LogP contribution in [-0.2, 0) is 4.74 Å². The molecule has 0 aliphatic carbocycles. The van der Waals surface area contributed by atoms with E-state index in [0.29, 0.717) is 29.5 Å². The lowest BCUT2D eigenvalue weighted by molar-refractivity contribution is -0.0403. The van der Waals surface area contributed by atoms with E-state index in [9.17, 15) is 14.0 Å². The van der Waals surface area contributed by atoms with Crippen molar-refractivity contribution in [1.82, 2.24) is 4.90 Å². The van der Waals surface area contributed by atoms with Crippen molar-refractivity contribution in [3.05, 3.63) is 62.8 Å². The van der Waals surface area contributed by atoms with Crippen LogP contribution in [0.1, 0.15) is 27.6 Å². The molecule has 1 fully saturated rings. The van der Waals surface area contributed by atoms with Gasteiger partial charge in [0.25, 0.3) is 5.91 Å². The summed E-state index contributed by atoms with van der Waals surface area (Å²) < 4.78 is 25.9. The van der Waals surface area contributed by atoms with Crippen LogP contribution in [0, 0.1) is 5.82 Å². The number of morpholine rings is 1. The van der Waals surface area contributed by atoms with Crippen LogP contribution in [0.5, 0.6) is 5.75 Å². The maximum atomic E-state index is 14.2. The first-order chi connectivity index (χ1) is 13.4. The van der Waals surface area contributed by atoms with Crippen molar-refractivity contribution in [3.63, 3.8) is 0 Å². The van der Waals surface area contributed by atoms with E-state index in [1.54, 1.807) is 30.3 Å². The summed E-state index contributed by atoms with van der Waals surface area (Å²) in [5.74, 6) is -0.743. The zero-order valence-corrected chi connectivity index (χ0v) is 17.4. The predicted octanol–water partition coefficient (Wildman–Crippen LogP) is 4.36. The van der Waals surface area contributed by atoms with E-state index in [4.69, 9.17) is 21.1 Å². The summed E-state index contributed by atoms with van der Waals surface area (Å²) in [7, 11) is 0. The fraction of sp³-hybridized carbons (Fsp3) is 0.300. The van der Waals surface area contributed by atoms with Crippen LogP contribution in [-0.4, -0.2) is 49.0 Å². The van der Waals surface area contributed by atoms with Gasteiger partial charge in [-0.3, -0.25) is 9.59 Å². The molecule has 5 nitrogen and oxygen atoms in total. The maximum Gasteiger partial charge on any atom is 0.257 e. The van der Waals surface area contributed by atoms with E-state index in [-0.39, 0.29) is 29.0 Å². The predicted molar refractivity (Wildman–Crippen MR) is 107 cm³/mol. The van der Waals surface area contributed by atoms with Crippen molar-refractivity contribution in [2.75, 3.05) is 26.3 Å². The van der Waals surface area contributed by atoms with Crippen molar-refractivity contribution < 1.29 is 23.5 Å². The fourth-order valence-electron chi connectivity index (χ4n) is 2.93. The van der Waals surface area contributed by atoms with Crippen LogP contribution in [0.4, 0.5) is 4.39 Å². The van der Waals surface area contributed by atoms with Crippen LogP contribution in [0.2, 0.25) is 5.02 Å². The van der Waals surface area contributed by atoms with Crippen molar-refractivity contribution in [1.29, 1.82) is 0 Å². The molecule has 148 valence electrons. The van der Waals surface area contributed by atoms with E-state index in [2.05, 4.69) is 15.9 Å². The van der Waals surface area contributed by atoms with E-state index >= 15 is 0 Å². The summed E-state index contributed by atoms with van der Waals surface area (Å²) in [6.07, 6.45) is -0.400. The second-order valence-electron chi connectivity index (χ2n) is 6.35. The minimum absolute atomic E-state index is 0.00695. The van der Waals surface area contributed by atoms with Crippen LogP contribution >= 0.6 is 27.5 Å². The number of rotatable bonds is 5. The normalized spacial score (nSPS) is 16.7. The van der Waals surface area contributed by atoms with Gasteiger partial charge >= 0.3 is 0 Å². The van der Waals surface area contributed by atoms with Gasteiger partial charge in [-0.25, -0.2) is 4.39 Å². The lowest BCUT2D eigenvalue weighted by Crippen LogP contribution is -2.47. The summed E-state index contributed by atoms with van der Waals surface area (Å²) in [6.45, 7) is 2.51. The van der Waals surface area contributed by atoms with E-state index in [0.717, 1.165) is 0 Å². The molecule has 28 heavy (non-hydrogen) atoms. The smallest absolute Gasteiger partial charge is 0.257 e. The van der Waals surface area contributed by atoms with Gasteiger partial charge in [0.05, 0.1) is 28.8 Å². The average Bonchev–Trinajstić information content (AvgIpc) is 2.68. The largest absolute Gasteiger partial charge is 0.490 e. The van der Waals surface area contributed by atoms with Gasteiger partial charge in [0.2, 0.25) is 0 Å². The first kappa shape index (κ1) is 20.8. The molecule has 0 saturated carbocycles. The van der Waals surface area contributed by atoms with Crippen LogP contribution < -0.4 is 4.74 Å². The quantitative estimate of drug-likeness (QED) is 0.609. The number of ether oxygens (including phenoxy) is 2. The van der Waals surface area contributed by atoms with Crippen LogP contribution in [0.25, 0.3) is 0 Å². The summed E-state index contributed by atoms with van der Waals surface area (Å²) >= 11 is 9.03. The Morgan fingerprint density at radius 1 is 1.32 bits per heavy atom. The van der Waals surface area contributed by atoms with Crippen LogP contribution in [0.15, 0.2) is 40.9 Å². The highest BCUT2D eigenvalue weighted by Gasteiger charge is 2.27. The number of hydrogen-bond donors (Lipinski definition) is 0. The Morgan fingerprint density at radius 3 is 2.86 bits per heavy atom.